The molecule has 2 aromatic carbocycles. The molecule has 0 heterocycles. The summed E-state index contributed by atoms with van der Waals surface area (Å²) in [6.07, 6.45) is -2.51. The first kappa shape index (κ1) is 23.1. The third-order valence-electron chi connectivity index (χ3n) is 3.65. The maximum atomic E-state index is 13.6. The van der Waals surface area contributed by atoms with Gasteiger partial charge in [0.1, 0.15) is 18.2 Å². The van der Waals surface area contributed by atoms with Crippen LogP contribution in [-0.4, -0.2) is 26.0 Å². The summed E-state index contributed by atoms with van der Waals surface area (Å²) in [5.41, 5.74) is 2.27. The molecule has 0 radical (unpaired) electrons. The molecule has 27 heavy (non-hydrogen) atoms. The molecular formula is C19H23F3IN3O. The minimum Gasteiger partial charge on any atom is -0.488 e. The van der Waals surface area contributed by atoms with Crippen LogP contribution in [0, 0.1) is 12.7 Å². The second-order valence-corrected chi connectivity index (χ2v) is 5.71. The van der Waals surface area contributed by atoms with Crippen molar-refractivity contribution in [2.75, 3.05) is 13.7 Å². The summed E-state index contributed by atoms with van der Waals surface area (Å²) in [4.78, 5) is 4.11. The van der Waals surface area contributed by atoms with Gasteiger partial charge in [0.2, 0.25) is 0 Å². The lowest BCUT2D eigenvalue weighted by atomic mass is 10.1. The molecule has 0 bridgehead atoms. The van der Waals surface area contributed by atoms with Gasteiger partial charge >= 0.3 is 0 Å². The Bertz CT molecular complexity index is 757. The van der Waals surface area contributed by atoms with Gasteiger partial charge in [-0.25, -0.2) is 13.2 Å². The van der Waals surface area contributed by atoms with E-state index in [-0.39, 0.29) is 29.8 Å². The number of nitrogens with zero attached hydrogens (tertiary/aromatic N) is 1. The molecular weight excluding hydrogens is 470 g/mol. The molecule has 148 valence electrons. The average molecular weight is 493 g/mol. The number of nitrogens with one attached hydrogen (secondary N) is 2. The number of guanidine groups is 1. The lowest BCUT2D eigenvalue weighted by molar-refractivity contribution is 0.0818. The largest absolute Gasteiger partial charge is 0.488 e. The summed E-state index contributed by atoms with van der Waals surface area (Å²) in [6.45, 7) is 1.95. The van der Waals surface area contributed by atoms with Crippen LogP contribution in [-0.2, 0) is 13.1 Å². The Balaban J connectivity index is 0.00000364. The van der Waals surface area contributed by atoms with Crippen molar-refractivity contribution < 1.29 is 17.9 Å². The molecule has 2 aromatic rings. The van der Waals surface area contributed by atoms with Crippen molar-refractivity contribution in [3.05, 3.63) is 65.0 Å². The molecule has 2 rings (SSSR count). The molecule has 0 aliphatic heterocycles. The number of hydrogen-bond donors (Lipinski definition) is 2. The highest BCUT2D eigenvalue weighted by atomic mass is 127. The van der Waals surface area contributed by atoms with Crippen LogP contribution >= 0.6 is 24.0 Å². The van der Waals surface area contributed by atoms with Gasteiger partial charge in [-0.3, -0.25) is 4.99 Å². The third kappa shape index (κ3) is 8.06. The zero-order valence-corrected chi connectivity index (χ0v) is 17.5. The molecule has 0 saturated carbocycles. The van der Waals surface area contributed by atoms with Crippen molar-refractivity contribution in [2.45, 2.75) is 26.4 Å². The first-order chi connectivity index (χ1) is 12.5. The molecule has 0 spiro atoms. The molecule has 0 fully saturated rings. The third-order valence-corrected chi connectivity index (χ3v) is 3.65. The molecule has 0 aliphatic rings. The van der Waals surface area contributed by atoms with Crippen LogP contribution < -0.4 is 15.4 Å². The first-order valence-electron chi connectivity index (χ1n) is 8.17. The van der Waals surface area contributed by atoms with E-state index < -0.39 is 13.0 Å². The fourth-order valence-corrected chi connectivity index (χ4v) is 2.24. The molecule has 4 nitrogen and oxygen atoms in total. The monoisotopic (exact) mass is 493 g/mol. The summed E-state index contributed by atoms with van der Waals surface area (Å²) < 4.78 is 43.0. The van der Waals surface area contributed by atoms with E-state index in [1.54, 1.807) is 38.2 Å². The predicted molar refractivity (Wildman–Crippen MR) is 112 cm³/mol. The van der Waals surface area contributed by atoms with Crippen LogP contribution in [0.15, 0.2) is 47.5 Å². The minimum atomic E-state index is -2.51. The van der Waals surface area contributed by atoms with Gasteiger partial charge in [-0.2, -0.15) is 0 Å². The Morgan fingerprint density at radius 3 is 2.33 bits per heavy atom. The number of benzene rings is 2. The van der Waals surface area contributed by atoms with Gasteiger partial charge < -0.3 is 15.4 Å². The van der Waals surface area contributed by atoms with E-state index >= 15 is 0 Å². The second kappa shape index (κ2) is 11.7. The summed E-state index contributed by atoms with van der Waals surface area (Å²) in [5.74, 6) is 0.695. The number of halogens is 4. The van der Waals surface area contributed by atoms with E-state index in [0.717, 1.165) is 11.1 Å². The van der Waals surface area contributed by atoms with Crippen LogP contribution in [0.5, 0.6) is 5.75 Å². The van der Waals surface area contributed by atoms with Gasteiger partial charge in [0, 0.05) is 20.1 Å². The van der Waals surface area contributed by atoms with E-state index in [1.165, 1.54) is 6.07 Å². The highest BCUT2D eigenvalue weighted by Gasteiger charge is 2.05. The number of rotatable bonds is 7. The van der Waals surface area contributed by atoms with Crippen molar-refractivity contribution in [3.63, 3.8) is 0 Å². The van der Waals surface area contributed by atoms with Gasteiger partial charge in [0.25, 0.3) is 6.43 Å². The highest BCUT2D eigenvalue weighted by molar-refractivity contribution is 14.0. The van der Waals surface area contributed by atoms with Gasteiger partial charge in [0.15, 0.2) is 5.96 Å². The fourth-order valence-electron chi connectivity index (χ4n) is 2.24. The average Bonchev–Trinajstić information content (AvgIpc) is 2.63. The van der Waals surface area contributed by atoms with E-state index in [0.29, 0.717) is 30.4 Å². The maximum absolute atomic E-state index is 13.6. The van der Waals surface area contributed by atoms with Gasteiger partial charge in [0.05, 0.1) is 0 Å². The van der Waals surface area contributed by atoms with Crippen LogP contribution in [0.4, 0.5) is 13.2 Å². The van der Waals surface area contributed by atoms with Gasteiger partial charge in [-0.1, -0.05) is 24.3 Å². The van der Waals surface area contributed by atoms with Crippen LogP contribution in [0.1, 0.15) is 16.7 Å². The molecule has 0 atom stereocenters. The van der Waals surface area contributed by atoms with Crippen LogP contribution in [0.3, 0.4) is 0 Å². The van der Waals surface area contributed by atoms with Crippen LogP contribution in [0.2, 0.25) is 0 Å². The Kier molecular flexibility index (Phi) is 9.98. The van der Waals surface area contributed by atoms with Gasteiger partial charge in [-0.05, 0) is 41.8 Å². The Hall–Kier alpha value is -1.97. The summed E-state index contributed by atoms with van der Waals surface area (Å²) >= 11 is 0. The van der Waals surface area contributed by atoms with E-state index in [2.05, 4.69) is 15.6 Å². The summed E-state index contributed by atoms with van der Waals surface area (Å²) in [6, 6.07) is 12.0. The van der Waals surface area contributed by atoms with Gasteiger partial charge in [-0.15, -0.1) is 24.0 Å². The lowest BCUT2D eigenvalue weighted by Crippen LogP contribution is -2.36. The fraction of sp³-hybridized carbons (Fsp3) is 0.316. The number of aryl methyl sites for hydroxylation is 1. The van der Waals surface area contributed by atoms with E-state index in [1.807, 2.05) is 12.1 Å². The minimum absolute atomic E-state index is 0. The SMILES string of the molecule is CN=C(NCc1cccc(OCC(F)F)c1)NCc1ccc(C)c(F)c1.I. The number of ether oxygens (including phenoxy) is 1. The maximum Gasteiger partial charge on any atom is 0.272 e. The molecule has 0 unspecified atom stereocenters. The highest BCUT2D eigenvalue weighted by Crippen LogP contribution is 2.14. The zero-order valence-electron chi connectivity index (χ0n) is 15.1. The first-order valence-corrected chi connectivity index (χ1v) is 8.17. The predicted octanol–water partition coefficient (Wildman–Crippen LogP) is 4.26. The number of alkyl halides is 2. The molecule has 0 amide bonds. The van der Waals surface area contributed by atoms with Crippen molar-refractivity contribution in [3.8, 4) is 5.75 Å². The standard InChI is InChI=1S/C19H22F3N3O.HI/c1-13-6-7-15(9-17(13)20)11-25-19(23-2)24-10-14-4-3-5-16(8-14)26-12-18(21)22;/h3-9,18H,10-12H2,1-2H3,(H2,23,24,25);1H. The molecule has 0 aromatic heterocycles. The zero-order chi connectivity index (χ0) is 18.9. The molecule has 8 heteroatoms. The number of aliphatic imine (C=N–C) groups is 1. The number of hydrogen-bond acceptors (Lipinski definition) is 2. The van der Waals surface area contributed by atoms with Crippen molar-refractivity contribution in [1.29, 1.82) is 0 Å². The Morgan fingerprint density at radius 1 is 1.07 bits per heavy atom. The summed E-state index contributed by atoms with van der Waals surface area (Å²) in [7, 11) is 1.63. The Morgan fingerprint density at radius 2 is 1.74 bits per heavy atom. The van der Waals surface area contributed by atoms with Crippen LogP contribution in [0.25, 0.3) is 0 Å². The van der Waals surface area contributed by atoms with Crippen molar-refractivity contribution in [1.82, 2.24) is 10.6 Å². The lowest BCUT2D eigenvalue weighted by Gasteiger charge is -2.13. The normalized spacial score (nSPS) is 11.1. The van der Waals surface area contributed by atoms with E-state index in [9.17, 15) is 13.2 Å². The topological polar surface area (TPSA) is 45.7 Å². The summed E-state index contributed by atoms with van der Waals surface area (Å²) in [5, 5.41) is 6.21. The Labute approximate surface area is 174 Å². The second-order valence-electron chi connectivity index (χ2n) is 5.71. The smallest absolute Gasteiger partial charge is 0.272 e. The van der Waals surface area contributed by atoms with Crippen molar-refractivity contribution in [2.24, 2.45) is 4.99 Å². The molecule has 2 N–H and O–H groups in total. The van der Waals surface area contributed by atoms with E-state index in [4.69, 9.17) is 4.74 Å². The molecule has 0 saturated heterocycles. The van der Waals surface area contributed by atoms with Crippen molar-refractivity contribution >= 4 is 29.9 Å². The molecule has 0 aliphatic carbocycles. The quantitative estimate of drug-likeness (QED) is 0.344.